The van der Waals surface area contributed by atoms with Crippen molar-refractivity contribution < 1.29 is 27.2 Å². The molecule has 0 atom stereocenters. The maximum atomic E-state index is 12.7. The van der Waals surface area contributed by atoms with E-state index in [-0.39, 0.29) is 23.6 Å². The summed E-state index contributed by atoms with van der Waals surface area (Å²) in [7, 11) is -1.93. The van der Waals surface area contributed by atoms with Crippen LogP contribution < -0.4 is 14.8 Å². The van der Waals surface area contributed by atoms with Crippen molar-refractivity contribution >= 4 is 21.6 Å². The van der Waals surface area contributed by atoms with E-state index < -0.39 is 10.0 Å². The number of nitrogens with zero attached hydrogens (tertiary/aromatic N) is 3. The number of nitrogens with one attached hydrogen (secondary N) is 1. The van der Waals surface area contributed by atoms with E-state index in [0.29, 0.717) is 54.2 Å². The van der Waals surface area contributed by atoms with Crippen molar-refractivity contribution in [3.05, 3.63) is 84.3 Å². The van der Waals surface area contributed by atoms with Crippen LogP contribution in [0.25, 0.3) is 11.4 Å². The summed E-state index contributed by atoms with van der Waals surface area (Å²) in [5.41, 5.74) is 2.24. The van der Waals surface area contributed by atoms with E-state index in [4.69, 9.17) is 14.0 Å². The van der Waals surface area contributed by atoms with Crippen molar-refractivity contribution in [3.8, 4) is 22.9 Å². The summed E-state index contributed by atoms with van der Waals surface area (Å²) in [5, 5.41) is 6.81. The average molecular weight is 563 g/mol. The molecule has 1 fully saturated rings. The average Bonchev–Trinajstić information content (AvgIpc) is 3.69. The molecule has 3 aromatic carbocycles. The van der Waals surface area contributed by atoms with Crippen molar-refractivity contribution in [1.82, 2.24) is 14.4 Å². The Morgan fingerprint density at radius 1 is 1.00 bits per heavy atom. The normalized spacial score (nSPS) is 13.7. The Balaban J connectivity index is 1.15. The number of aromatic nitrogens is 2. The van der Waals surface area contributed by atoms with Crippen molar-refractivity contribution in [2.24, 2.45) is 0 Å². The highest BCUT2D eigenvalue weighted by Crippen LogP contribution is 2.32. The zero-order chi connectivity index (χ0) is 28.0. The molecule has 0 aliphatic carbocycles. The third kappa shape index (κ3) is 6.49. The van der Waals surface area contributed by atoms with Crippen LogP contribution >= 0.6 is 0 Å². The number of rotatable bonds is 11. The lowest BCUT2D eigenvalue weighted by Gasteiger charge is -2.15. The Hall–Kier alpha value is -4.22. The first-order valence-electron chi connectivity index (χ1n) is 13.0. The second kappa shape index (κ2) is 12.3. The van der Waals surface area contributed by atoms with Crippen LogP contribution in [-0.4, -0.2) is 49.0 Å². The minimum Gasteiger partial charge on any atom is -0.493 e. The predicted octanol–water partition coefficient (Wildman–Crippen LogP) is 4.68. The zero-order valence-electron chi connectivity index (χ0n) is 22.1. The Kier molecular flexibility index (Phi) is 8.42. The fourth-order valence-electron chi connectivity index (χ4n) is 4.37. The van der Waals surface area contributed by atoms with E-state index in [1.54, 1.807) is 31.4 Å². The molecule has 1 N–H and O–H groups in total. The number of benzene rings is 3. The topological polar surface area (TPSA) is 124 Å². The number of carbonyl (C=O) groups is 1. The SMILES string of the molecule is COc1cc(-c2noc(CCC(=O)Nc3ccc(S(=O)(=O)N4CCCC4)cc3)n2)ccc1OCc1ccccc1. The van der Waals surface area contributed by atoms with Crippen molar-refractivity contribution in [3.63, 3.8) is 0 Å². The number of carbonyl (C=O) groups excluding carboxylic acids is 1. The van der Waals surface area contributed by atoms with Gasteiger partial charge in [-0.1, -0.05) is 35.5 Å². The quantitative estimate of drug-likeness (QED) is 0.280. The van der Waals surface area contributed by atoms with Gasteiger partial charge in [0.1, 0.15) is 6.61 Å². The highest BCUT2D eigenvalue weighted by Gasteiger charge is 2.27. The van der Waals surface area contributed by atoms with Crippen LogP contribution in [-0.2, 0) is 27.8 Å². The lowest BCUT2D eigenvalue weighted by atomic mass is 10.2. The van der Waals surface area contributed by atoms with E-state index in [0.717, 1.165) is 18.4 Å². The summed E-state index contributed by atoms with van der Waals surface area (Å²) in [5.74, 6) is 1.57. The number of amides is 1. The molecule has 4 aromatic rings. The fraction of sp³-hybridized carbons (Fsp3) is 0.276. The first-order valence-corrected chi connectivity index (χ1v) is 14.4. The molecule has 0 spiro atoms. The predicted molar refractivity (Wildman–Crippen MR) is 148 cm³/mol. The van der Waals surface area contributed by atoms with Gasteiger partial charge in [0.15, 0.2) is 11.5 Å². The molecule has 1 aliphatic rings. The van der Waals surface area contributed by atoms with Crippen LogP contribution in [0.4, 0.5) is 5.69 Å². The molecule has 2 heterocycles. The number of sulfonamides is 1. The first-order chi connectivity index (χ1) is 19.4. The Morgan fingerprint density at radius 3 is 2.48 bits per heavy atom. The van der Waals surface area contributed by atoms with E-state index in [1.165, 1.54) is 16.4 Å². The molecule has 1 aliphatic heterocycles. The van der Waals surface area contributed by atoms with E-state index in [1.807, 2.05) is 36.4 Å². The van der Waals surface area contributed by atoms with Crippen LogP contribution in [0, 0.1) is 0 Å². The molecule has 0 radical (unpaired) electrons. The van der Waals surface area contributed by atoms with Crippen LogP contribution in [0.5, 0.6) is 11.5 Å². The minimum atomic E-state index is -3.49. The number of aryl methyl sites for hydroxylation is 1. The van der Waals surface area contributed by atoms with Gasteiger partial charge >= 0.3 is 0 Å². The van der Waals surface area contributed by atoms with Gasteiger partial charge in [-0.2, -0.15) is 9.29 Å². The zero-order valence-corrected chi connectivity index (χ0v) is 22.9. The Labute approximate surface area is 233 Å². The minimum absolute atomic E-state index is 0.116. The van der Waals surface area contributed by atoms with Crippen LogP contribution in [0.1, 0.15) is 30.7 Å². The van der Waals surface area contributed by atoms with Gasteiger partial charge in [0.2, 0.25) is 27.6 Å². The molecular weight excluding hydrogens is 532 g/mol. The van der Waals surface area contributed by atoms with Gasteiger partial charge in [-0.15, -0.1) is 0 Å². The molecule has 5 rings (SSSR count). The smallest absolute Gasteiger partial charge is 0.243 e. The lowest BCUT2D eigenvalue weighted by Crippen LogP contribution is -2.27. The summed E-state index contributed by atoms with van der Waals surface area (Å²) >= 11 is 0. The number of ether oxygens (including phenoxy) is 2. The van der Waals surface area contributed by atoms with E-state index in [9.17, 15) is 13.2 Å². The van der Waals surface area contributed by atoms with E-state index in [2.05, 4.69) is 15.5 Å². The second-order valence-electron chi connectivity index (χ2n) is 9.34. The van der Waals surface area contributed by atoms with Crippen molar-refractivity contribution in [1.29, 1.82) is 0 Å². The summed E-state index contributed by atoms with van der Waals surface area (Å²) in [6.07, 6.45) is 2.11. The largest absolute Gasteiger partial charge is 0.493 e. The fourth-order valence-corrected chi connectivity index (χ4v) is 5.88. The van der Waals surface area contributed by atoms with E-state index >= 15 is 0 Å². The standard InChI is InChI=1S/C29H30N4O6S/c1-37-26-19-22(9-14-25(26)38-20-21-7-3-2-4-8-21)29-31-28(39-32-29)16-15-27(34)30-23-10-12-24(13-11-23)40(35,36)33-17-5-6-18-33/h2-4,7-14,19H,5-6,15-18,20H2,1H3,(H,30,34). The molecule has 0 bridgehead atoms. The van der Waals surface area contributed by atoms with Gasteiger partial charge in [-0.05, 0) is 60.9 Å². The van der Waals surface area contributed by atoms with Crippen LogP contribution in [0.2, 0.25) is 0 Å². The van der Waals surface area contributed by atoms with Gasteiger partial charge in [0.05, 0.1) is 12.0 Å². The van der Waals surface area contributed by atoms with Gasteiger partial charge in [0, 0.05) is 37.2 Å². The number of hydrogen-bond donors (Lipinski definition) is 1. The van der Waals surface area contributed by atoms with Gasteiger partial charge in [0.25, 0.3) is 0 Å². The summed E-state index contributed by atoms with van der Waals surface area (Å²) in [6, 6.07) is 21.4. The molecule has 1 saturated heterocycles. The lowest BCUT2D eigenvalue weighted by molar-refractivity contribution is -0.116. The maximum Gasteiger partial charge on any atom is 0.243 e. The maximum absolute atomic E-state index is 12.7. The number of methoxy groups -OCH3 is 1. The Morgan fingerprint density at radius 2 is 1.75 bits per heavy atom. The third-order valence-electron chi connectivity index (χ3n) is 6.53. The first kappa shape index (κ1) is 27.4. The second-order valence-corrected chi connectivity index (χ2v) is 11.3. The monoisotopic (exact) mass is 562 g/mol. The van der Waals surface area contributed by atoms with Gasteiger partial charge < -0.3 is 19.3 Å². The molecule has 208 valence electrons. The summed E-state index contributed by atoms with van der Waals surface area (Å²) in [4.78, 5) is 17.1. The molecule has 0 unspecified atom stereocenters. The van der Waals surface area contributed by atoms with Gasteiger partial charge in [-0.3, -0.25) is 4.79 Å². The Bertz CT molecular complexity index is 1550. The molecule has 1 amide bonds. The highest BCUT2D eigenvalue weighted by molar-refractivity contribution is 7.89. The van der Waals surface area contributed by atoms with Crippen molar-refractivity contribution in [2.45, 2.75) is 37.2 Å². The summed E-state index contributed by atoms with van der Waals surface area (Å²) in [6.45, 7) is 1.49. The van der Waals surface area contributed by atoms with Gasteiger partial charge in [-0.25, -0.2) is 8.42 Å². The molecular formula is C29H30N4O6S. The number of hydrogen-bond acceptors (Lipinski definition) is 8. The molecule has 10 nitrogen and oxygen atoms in total. The molecule has 0 saturated carbocycles. The number of anilines is 1. The van der Waals surface area contributed by atoms with Crippen LogP contribution in [0.3, 0.4) is 0 Å². The summed E-state index contributed by atoms with van der Waals surface area (Å²) < 4.78 is 43.6. The molecule has 1 aromatic heterocycles. The highest BCUT2D eigenvalue weighted by atomic mass is 32.2. The van der Waals surface area contributed by atoms with Crippen molar-refractivity contribution in [2.75, 3.05) is 25.5 Å². The molecule has 11 heteroatoms. The van der Waals surface area contributed by atoms with Crippen LogP contribution in [0.15, 0.2) is 82.2 Å². The third-order valence-corrected chi connectivity index (χ3v) is 8.45. The molecule has 40 heavy (non-hydrogen) atoms.